The molecule has 0 unspecified atom stereocenters. The highest BCUT2D eigenvalue weighted by molar-refractivity contribution is 5.42. The van der Waals surface area contributed by atoms with Crippen LogP contribution >= 0.6 is 0 Å². The average Bonchev–Trinajstić information content (AvgIpc) is 2.45. The maximum atomic E-state index is 9.74. The number of ether oxygens (including phenoxy) is 1. The van der Waals surface area contributed by atoms with Gasteiger partial charge in [-0.3, -0.25) is 0 Å². The van der Waals surface area contributed by atoms with Crippen LogP contribution in [0, 0.1) is 13.8 Å². The molecule has 0 saturated heterocycles. The molecule has 0 aliphatic rings. The number of aromatic hydroxyl groups is 1. The van der Waals surface area contributed by atoms with Gasteiger partial charge in [0.15, 0.2) is 0 Å². The number of phenols is 1. The van der Waals surface area contributed by atoms with Crippen LogP contribution in [-0.2, 0) is 13.1 Å². The second-order valence-electron chi connectivity index (χ2n) is 4.89. The minimum absolute atomic E-state index is 0.383. The van der Waals surface area contributed by atoms with Gasteiger partial charge in [0.25, 0.3) is 0 Å². The van der Waals surface area contributed by atoms with E-state index >= 15 is 0 Å². The predicted octanol–water partition coefficient (Wildman–Crippen LogP) is 2.70. The van der Waals surface area contributed by atoms with Crippen LogP contribution in [0.5, 0.6) is 11.6 Å². The number of aromatic nitrogens is 1. The largest absolute Gasteiger partial charge is 0.507 e. The van der Waals surface area contributed by atoms with Gasteiger partial charge in [-0.05, 0) is 36.1 Å². The number of hydrogen-bond donors (Lipinski definition) is 2. The van der Waals surface area contributed by atoms with Gasteiger partial charge in [-0.25, -0.2) is 4.98 Å². The number of hydrogen-bond acceptors (Lipinski definition) is 4. The number of pyridine rings is 1. The predicted molar refractivity (Wildman–Crippen MR) is 78.9 cm³/mol. The molecule has 2 aromatic rings. The fourth-order valence-corrected chi connectivity index (χ4v) is 2.14. The second-order valence-corrected chi connectivity index (χ2v) is 4.89. The Balaban J connectivity index is 1.92. The molecule has 0 atom stereocenters. The summed E-state index contributed by atoms with van der Waals surface area (Å²) in [5, 5.41) is 13.1. The Kier molecular flexibility index (Phi) is 4.58. The number of phenolic OH excluding ortho intramolecular Hbond substituents is 1. The molecular weight excluding hydrogens is 252 g/mol. The van der Waals surface area contributed by atoms with Crippen molar-refractivity contribution in [2.45, 2.75) is 26.9 Å². The van der Waals surface area contributed by atoms with Gasteiger partial charge in [0.2, 0.25) is 5.88 Å². The monoisotopic (exact) mass is 272 g/mol. The van der Waals surface area contributed by atoms with Crippen LogP contribution in [0.15, 0.2) is 30.5 Å². The van der Waals surface area contributed by atoms with E-state index in [9.17, 15) is 5.11 Å². The van der Waals surface area contributed by atoms with Crippen molar-refractivity contribution in [2.24, 2.45) is 0 Å². The van der Waals surface area contributed by atoms with Gasteiger partial charge in [0.1, 0.15) is 5.75 Å². The molecule has 20 heavy (non-hydrogen) atoms. The van der Waals surface area contributed by atoms with Gasteiger partial charge in [-0.1, -0.05) is 18.2 Å². The molecule has 0 saturated carbocycles. The van der Waals surface area contributed by atoms with Crippen molar-refractivity contribution >= 4 is 0 Å². The van der Waals surface area contributed by atoms with Crippen LogP contribution in [0.3, 0.4) is 0 Å². The first-order valence-corrected chi connectivity index (χ1v) is 6.59. The molecule has 2 rings (SSSR count). The molecule has 1 heterocycles. The number of nitrogens with zero attached hydrogens (tertiary/aromatic N) is 1. The normalized spacial score (nSPS) is 10.6. The van der Waals surface area contributed by atoms with Gasteiger partial charge in [-0.2, -0.15) is 0 Å². The molecule has 0 aliphatic carbocycles. The lowest BCUT2D eigenvalue weighted by Gasteiger charge is -2.09. The fraction of sp³-hybridized carbons (Fsp3) is 0.312. The van der Waals surface area contributed by atoms with E-state index in [1.807, 2.05) is 38.1 Å². The Bertz CT molecular complexity index is 557. The number of nitrogens with one attached hydrogen (secondary N) is 1. The van der Waals surface area contributed by atoms with Crippen molar-refractivity contribution < 1.29 is 9.84 Å². The molecule has 1 aromatic heterocycles. The zero-order valence-corrected chi connectivity index (χ0v) is 12.1. The summed E-state index contributed by atoms with van der Waals surface area (Å²) in [5.74, 6) is 1.01. The van der Waals surface area contributed by atoms with Gasteiger partial charge in [0, 0.05) is 25.4 Å². The summed E-state index contributed by atoms with van der Waals surface area (Å²) in [6, 6.07) is 7.85. The highest BCUT2D eigenvalue weighted by Crippen LogP contribution is 2.22. The minimum Gasteiger partial charge on any atom is -0.507 e. The van der Waals surface area contributed by atoms with E-state index in [0.717, 1.165) is 29.8 Å². The van der Waals surface area contributed by atoms with Crippen LogP contribution < -0.4 is 10.1 Å². The molecule has 0 radical (unpaired) electrons. The van der Waals surface area contributed by atoms with E-state index in [4.69, 9.17) is 4.74 Å². The maximum absolute atomic E-state index is 9.74. The molecule has 2 N–H and O–H groups in total. The third-order valence-corrected chi connectivity index (χ3v) is 3.22. The van der Waals surface area contributed by atoms with E-state index in [1.54, 1.807) is 13.3 Å². The quantitative estimate of drug-likeness (QED) is 0.878. The van der Waals surface area contributed by atoms with Crippen molar-refractivity contribution in [3.63, 3.8) is 0 Å². The Morgan fingerprint density at radius 3 is 2.30 bits per heavy atom. The van der Waals surface area contributed by atoms with Crippen LogP contribution in [0.2, 0.25) is 0 Å². The van der Waals surface area contributed by atoms with Gasteiger partial charge in [0.05, 0.1) is 7.11 Å². The maximum Gasteiger partial charge on any atom is 0.212 e. The summed E-state index contributed by atoms with van der Waals surface area (Å²) >= 11 is 0. The fourth-order valence-electron chi connectivity index (χ4n) is 2.14. The number of rotatable bonds is 5. The molecule has 1 aromatic carbocycles. The minimum atomic E-state index is 0.383. The van der Waals surface area contributed by atoms with Gasteiger partial charge < -0.3 is 15.2 Å². The van der Waals surface area contributed by atoms with Crippen molar-refractivity contribution in [2.75, 3.05) is 7.11 Å². The molecule has 0 fully saturated rings. The zero-order chi connectivity index (χ0) is 14.5. The Morgan fingerprint density at radius 2 is 1.75 bits per heavy atom. The second kappa shape index (κ2) is 6.39. The van der Waals surface area contributed by atoms with Gasteiger partial charge >= 0.3 is 0 Å². The first kappa shape index (κ1) is 14.3. The summed E-state index contributed by atoms with van der Waals surface area (Å²) in [6.45, 7) is 5.34. The average molecular weight is 272 g/mol. The molecule has 0 spiro atoms. The summed E-state index contributed by atoms with van der Waals surface area (Å²) in [4.78, 5) is 4.17. The SMILES string of the molecule is COc1ccc(CNCc2cc(C)c(O)c(C)c2)cn1. The summed E-state index contributed by atoms with van der Waals surface area (Å²) < 4.78 is 5.03. The van der Waals surface area contributed by atoms with Gasteiger partial charge in [-0.15, -0.1) is 0 Å². The van der Waals surface area contributed by atoms with E-state index in [1.165, 1.54) is 5.56 Å². The highest BCUT2D eigenvalue weighted by atomic mass is 16.5. The van der Waals surface area contributed by atoms with E-state index in [-0.39, 0.29) is 0 Å². The number of aryl methyl sites for hydroxylation is 2. The first-order chi connectivity index (χ1) is 9.60. The van der Waals surface area contributed by atoms with Crippen LogP contribution in [0.4, 0.5) is 0 Å². The lowest BCUT2D eigenvalue weighted by atomic mass is 10.1. The molecule has 4 heteroatoms. The Hall–Kier alpha value is -2.07. The molecule has 0 bridgehead atoms. The van der Waals surface area contributed by atoms with Crippen molar-refractivity contribution in [1.29, 1.82) is 0 Å². The Labute approximate surface area is 119 Å². The van der Waals surface area contributed by atoms with Crippen molar-refractivity contribution in [3.05, 3.63) is 52.7 Å². The summed E-state index contributed by atoms with van der Waals surface area (Å²) in [7, 11) is 1.61. The molecule has 106 valence electrons. The van der Waals surface area contributed by atoms with E-state index in [2.05, 4.69) is 10.3 Å². The smallest absolute Gasteiger partial charge is 0.212 e. The lowest BCUT2D eigenvalue weighted by Crippen LogP contribution is -2.13. The van der Waals surface area contributed by atoms with Crippen LogP contribution in [-0.4, -0.2) is 17.2 Å². The highest BCUT2D eigenvalue weighted by Gasteiger charge is 2.03. The van der Waals surface area contributed by atoms with Crippen LogP contribution in [0.25, 0.3) is 0 Å². The standard InChI is InChI=1S/C16H20N2O2/c1-11-6-14(7-12(2)16(11)19)9-17-8-13-4-5-15(20-3)18-10-13/h4-7,10,17,19H,8-9H2,1-3H3. The molecule has 0 amide bonds. The molecule has 4 nitrogen and oxygen atoms in total. The molecular formula is C16H20N2O2. The summed E-state index contributed by atoms with van der Waals surface area (Å²) in [5.41, 5.74) is 4.10. The number of methoxy groups -OCH3 is 1. The van der Waals surface area contributed by atoms with Crippen LogP contribution in [0.1, 0.15) is 22.3 Å². The van der Waals surface area contributed by atoms with E-state index in [0.29, 0.717) is 11.6 Å². The van der Waals surface area contributed by atoms with Crippen molar-refractivity contribution in [1.82, 2.24) is 10.3 Å². The third kappa shape index (κ3) is 3.48. The summed E-state index contributed by atoms with van der Waals surface area (Å²) in [6.07, 6.45) is 1.80. The number of benzene rings is 1. The lowest BCUT2D eigenvalue weighted by molar-refractivity contribution is 0.397. The van der Waals surface area contributed by atoms with E-state index < -0.39 is 0 Å². The third-order valence-electron chi connectivity index (χ3n) is 3.22. The molecule has 0 aliphatic heterocycles. The topological polar surface area (TPSA) is 54.4 Å². The zero-order valence-electron chi connectivity index (χ0n) is 12.1. The Morgan fingerprint density at radius 1 is 1.10 bits per heavy atom. The first-order valence-electron chi connectivity index (χ1n) is 6.59. The van der Waals surface area contributed by atoms with Crippen molar-refractivity contribution in [3.8, 4) is 11.6 Å².